The van der Waals surface area contributed by atoms with Crippen molar-refractivity contribution >= 4 is 33.9 Å². The molecule has 1 aliphatic rings. The van der Waals surface area contributed by atoms with E-state index in [1.807, 2.05) is 55.3 Å². The minimum Gasteiger partial charge on any atom is -0.384 e. The molecule has 0 spiro atoms. The van der Waals surface area contributed by atoms with Crippen LogP contribution in [0.2, 0.25) is 0 Å². The minimum atomic E-state index is -0.0459. The number of aryl methyl sites for hydroxylation is 1. The summed E-state index contributed by atoms with van der Waals surface area (Å²) in [6, 6.07) is 8.04. The second-order valence-corrected chi connectivity index (χ2v) is 10.6. The number of allylic oxidation sites excluding steroid dienone is 8. The average molecular weight is 594 g/mol. The number of piperidine rings is 1. The van der Waals surface area contributed by atoms with Crippen LogP contribution in [0.5, 0.6) is 0 Å². The van der Waals surface area contributed by atoms with E-state index in [-0.39, 0.29) is 11.9 Å². The molecular weight excluding hydrogens is 548 g/mol. The van der Waals surface area contributed by atoms with Crippen molar-refractivity contribution in [1.29, 1.82) is 0 Å². The number of hydrogen-bond acceptors (Lipinski definition) is 3. The molecule has 2 N–H and O–H groups in total. The maximum Gasteiger partial charge on any atom is 0.321 e. The number of aliphatic imine (C=N–C) groups is 1. The molecule has 0 bridgehead atoms. The molecule has 1 aromatic carbocycles. The molecule has 39 heavy (non-hydrogen) atoms. The first-order valence-corrected chi connectivity index (χ1v) is 14.7. The third kappa shape index (κ3) is 11.3. The SMILES string of the molecule is C=C/C(=C\C=C/C)CN/C(C)=C/C(=C\C(C)=C(/Br)C=NCC)C1CCCN(C(=O)Nc2ccc(CC)cc2)C1. The summed E-state index contributed by atoms with van der Waals surface area (Å²) in [5, 5.41) is 6.61. The summed E-state index contributed by atoms with van der Waals surface area (Å²) in [7, 11) is 0. The largest absolute Gasteiger partial charge is 0.384 e. The van der Waals surface area contributed by atoms with Crippen molar-refractivity contribution in [2.24, 2.45) is 10.9 Å². The van der Waals surface area contributed by atoms with E-state index in [0.29, 0.717) is 13.1 Å². The topological polar surface area (TPSA) is 56.7 Å². The van der Waals surface area contributed by atoms with Crippen LogP contribution in [0.3, 0.4) is 0 Å². The highest BCUT2D eigenvalue weighted by molar-refractivity contribution is 9.12. The van der Waals surface area contributed by atoms with Gasteiger partial charge in [-0.15, -0.1) is 0 Å². The van der Waals surface area contributed by atoms with Gasteiger partial charge < -0.3 is 15.5 Å². The van der Waals surface area contributed by atoms with E-state index < -0.39 is 0 Å². The van der Waals surface area contributed by atoms with Crippen LogP contribution in [0, 0.1) is 5.92 Å². The molecule has 2 amide bonds. The normalized spacial score (nSPS) is 17.9. The highest BCUT2D eigenvalue weighted by Gasteiger charge is 2.26. The number of amides is 2. The van der Waals surface area contributed by atoms with Gasteiger partial charge in [0.15, 0.2) is 0 Å². The van der Waals surface area contributed by atoms with E-state index in [1.54, 1.807) is 0 Å². The molecule has 210 valence electrons. The molecule has 1 aliphatic heterocycles. The monoisotopic (exact) mass is 592 g/mol. The Morgan fingerprint density at radius 2 is 1.95 bits per heavy atom. The van der Waals surface area contributed by atoms with Crippen molar-refractivity contribution < 1.29 is 4.79 Å². The number of nitrogens with zero attached hydrogens (tertiary/aromatic N) is 2. The van der Waals surface area contributed by atoms with E-state index in [4.69, 9.17) is 0 Å². The van der Waals surface area contributed by atoms with Crippen molar-refractivity contribution in [2.45, 2.75) is 53.9 Å². The van der Waals surface area contributed by atoms with Crippen LogP contribution in [0.4, 0.5) is 10.5 Å². The third-order valence-corrected chi connectivity index (χ3v) is 7.49. The predicted molar refractivity (Wildman–Crippen MR) is 173 cm³/mol. The van der Waals surface area contributed by atoms with Crippen LogP contribution in [0.1, 0.15) is 53.0 Å². The molecule has 5 nitrogen and oxygen atoms in total. The lowest BCUT2D eigenvalue weighted by atomic mass is 9.88. The number of nitrogens with one attached hydrogen (secondary N) is 2. The second kappa shape index (κ2) is 17.5. The molecule has 1 heterocycles. The summed E-state index contributed by atoms with van der Waals surface area (Å²) < 4.78 is 0.963. The van der Waals surface area contributed by atoms with Crippen molar-refractivity contribution in [3.05, 3.63) is 99.8 Å². The molecule has 6 heteroatoms. The van der Waals surface area contributed by atoms with E-state index in [1.165, 1.54) is 11.1 Å². The number of anilines is 1. The number of hydrogen-bond donors (Lipinski definition) is 2. The van der Waals surface area contributed by atoms with Crippen LogP contribution in [-0.4, -0.2) is 43.3 Å². The summed E-state index contributed by atoms with van der Waals surface area (Å²) >= 11 is 3.68. The maximum atomic E-state index is 13.2. The van der Waals surface area contributed by atoms with E-state index >= 15 is 0 Å². The summed E-state index contributed by atoms with van der Waals surface area (Å²) in [6.45, 7) is 17.1. The summed E-state index contributed by atoms with van der Waals surface area (Å²) in [5.74, 6) is 0.222. The second-order valence-electron chi connectivity index (χ2n) is 9.72. The standard InChI is InChI=1S/C33H45BrN4O/c1-7-11-13-28(9-3)22-36-26(6)21-30(20-25(5)32(34)23-35-10-4)29-14-12-19-38(24-29)33(39)37-31-17-15-27(8-2)16-18-31/h7,9,11,13,15-18,20-21,23,29,36H,3,8,10,12,14,19,22,24H2,1-2,4-6H3,(H,37,39)/b11-7-,26-21+,28-13+,30-20+,32-25-,35-23?. The molecule has 0 radical (unpaired) electrons. The summed E-state index contributed by atoms with van der Waals surface area (Å²) in [4.78, 5) is 19.5. The zero-order valence-electron chi connectivity index (χ0n) is 24.3. The van der Waals surface area contributed by atoms with Gasteiger partial charge in [0, 0.05) is 54.2 Å². The van der Waals surface area contributed by atoms with Crippen LogP contribution in [0.25, 0.3) is 0 Å². The number of urea groups is 1. The Morgan fingerprint density at radius 1 is 1.21 bits per heavy atom. The zero-order valence-corrected chi connectivity index (χ0v) is 25.9. The van der Waals surface area contributed by atoms with Crippen LogP contribution < -0.4 is 10.6 Å². The molecule has 0 aromatic heterocycles. The molecule has 1 saturated heterocycles. The van der Waals surface area contributed by atoms with Gasteiger partial charge in [-0.2, -0.15) is 0 Å². The lowest BCUT2D eigenvalue weighted by Gasteiger charge is -2.34. The lowest BCUT2D eigenvalue weighted by Crippen LogP contribution is -2.42. The Balaban J connectivity index is 2.27. The number of halogens is 1. The van der Waals surface area contributed by atoms with E-state index in [2.05, 4.69) is 89.3 Å². The van der Waals surface area contributed by atoms with Gasteiger partial charge >= 0.3 is 6.03 Å². The highest BCUT2D eigenvalue weighted by Crippen LogP contribution is 2.28. The number of likely N-dealkylation sites (tertiary alicyclic amines) is 1. The van der Waals surface area contributed by atoms with E-state index in [0.717, 1.165) is 59.4 Å². The molecule has 0 aliphatic carbocycles. The van der Waals surface area contributed by atoms with Gasteiger partial charge in [-0.25, -0.2) is 4.79 Å². The molecule has 1 aromatic rings. The molecule has 1 atom stereocenters. The zero-order chi connectivity index (χ0) is 28.6. The van der Waals surface area contributed by atoms with Crippen molar-refractivity contribution in [2.75, 3.05) is 31.5 Å². The smallest absolute Gasteiger partial charge is 0.321 e. The van der Waals surface area contributed by atoms with Gasteiger partial charge in [0.05, 0.1) is 0 Å². The van der Waals surface area contributed by atoms with Gasteiger partial charge in [-0.3, -0.25) is 4.99 Å². The molecule has 1 fully saturated rings. The third-order valence-electron chi connectivity index (χ3n) is 6.66. The molecule has 0 saturated carbocycles. The number of carbonyl (C=O) groups is 1. The Labute approximate surface area is 244 Å². The molecule has 2 rings (SSSR count). The fourth-order valence-electron chi connectivity index (χ4n) is 4.29. The van der Waals surface area contributed by atoms with Crippen molar-refractivity contribution in [3.8, 4) is 0 Å². The maximum absolute atomic E-state index is 13.2. The molecular formula is C33H45BrN4O. The number of carbonyl (C=O) groups excluding carboxylic acids is 1. The lowest BCUT2D eigenvalue weighted by molar-refractivity contribution is 0.186. The van der Waals surface area contributed by atoms with Gasteiger partial charge in [0.25, 0.3) is 0 Å². The van der Waals surface area contributed by atoms with Gasteiger partial charge in [-0.1, -0.05) is 56.0 Å². The predicted octanol–water partition coefficient (Wildman–Crippen LogP) is 8.36. The first-order chi connectivity index (χ1) is 18.8. The first-order valence-electron chi connectivity index (χ1n) is 13.9. The van der Waals surface area contributed by atoms with Gasteiger partial charge in [-0.05, 0) is 103 Å². The van der Waals surface area contributed by atoms with Crippen LogP contribution in [0.15, 0.2) is 99.2 Å². The summed E-state index contributed by atoms with van der Waals surface area (Å²) in [6.07, 6.45) is 17.2. The van der Waals surface area contributed by atoms with Crippen molar-refractivity contribution in [1.82, 2.24) is 10.2 Å². The van der Waals surface area contributed by atoms with Crippen LogP contribution in [-0.2, 0) is 6.42 Å². The fraction of sp³-hybridized carbons (Fsp3) is 0.394. The number of rotatable bonds is 12. The number of benzene rings is 1. The highest BCUT2D eigenvalue weighted by atomic mass is 79.9. The Kier molecular flexibility index (Phi) is 14.4. The van der Waals surface area contributed by atoms with Gasteiger partial charge in [0.1, 0.15) is 0 Å². The average Bonchev–Trinajstić information content (AvgIpc) is 2.96. The quantitative estimate of drug-likeness (QED) is 0.189. The Morgan fingerprint density at radius 3 is 2.59 bits per heavy atom. The minimum absolute atomic E-state index is 0.0459. The Hall–Kier alpha value is -3.12. The van der Waals surface area contributed by atoms with Crippen LogP contribution >= 0.6 is 15.9 Å². The van der Waals surface area contributed by atoms with Gasteiger partial charge in [0.2, 0.25) is 0 Å². The van der Waals surface area contributed by atoms with E-state index in [9.17, 15) is 4.79 Å². The molecule has 1 unspecified atom stereocenters. The summed E-state index contributed by atoms with van der Waals surface area (Å²) in [5.41, 5.74) is 6.57. The van der Waals surface area contributed by atoms with Crippen molar-refractivity contribution in [3.63, 3.8) is 0 Å². The first kappa shape index (κ1) is 32.1. The Bertz CT molecular complexity index is 1140. The fourth-order valence-corrected chi connectivity index (χ4v) is 4.55.